The zero-order valence-electron chi connectivity index (χ0n) is 9.18. The third kappa shape index (κ3) is 3.58. The first-order valence-electron chi connectivity index (χ1n) is 4.92. The van der Waals surface area contributed by atoms with Gasteiger partial charge in [0.1, 0.15) is 12.0 Å². The summed E-state index contributed by atoms with van der Waals surface area (Å²) in [6.45, 7) is 5.62. The Morgan fingerprint density at radius 1 is 1.38 bits per heavy atom. The molecule has 0 amide bonds. The molecule has 0 aliphatic carbocycles. The summed E-state index contributed by atoms with van der Waals surface area (Å²) in [5.74, 6) is 0.209. The normalized spacial score (nSPS) is 11.1. The van der Waals surface area contributed by atoms with Gasteiger partial charge in [0.2, 0.25) is 0 Å². The van der Waals surface area contributed by atoms with E-state index in [1.54, 1.807) is 30.4 Å². The summed E-state index contributed by atoms with van der Waals surface area (Å²) in [5, 5.41) is 9.60. The van der Waals surface area contributed by atoms with Crippen molar-refractivity contribution < 1.29 is 9.90 Å². The van der Waals surface area contributed by atoms with Crippen LogP contribution in [-0.4, -0.2) is 11.4 Å². The molecule has 0 heterocycles. The minimum absolute atomic E-state index is 0.209. The van der Waals surface area contributed by atoms with E-state index in [1.807, 2.05) is 13.0 Å². The molecule has 0 saturated heterocycles. The zero-order valence-corrected chi connectivity index (χ0v) is 9.18. The molecule has 0 spiro atoms. The number of hydrogen-bond donors (Lipinski definition) is 1. The number of aromatic hydroxyl groups is 1. The Bertz CT molecular complexity index is 454. The summed E-state index contributed by atoms with van der Waals surface area (Å²) < 4.78 is 0. The fourth-order valence-corrected chi connectivity index (χ4v) is 1.19. The molecule has 0 aromatic heterocycles. The van der Waals surface area contributed by atoms with Crippen LogP contribution in [0.15, 0.2) is 42.5 Å². The van der Waals surface area contributed by atoms with Gasteiger partial charge in [0.05, 0.1) is 0 Å². The second-order valence-corrected chi connectivity index (χ2v) is 3.49. The van der Waals surface area contributed by atoms with Crippen LogP contribution in [0.3, 0.4) is 0 Å². The van der Waals surface area contributed by atoms with Gasteiger partial charge in [-0.3, -0.25) is 4.79 Å². The van der Waals surface area contributed by atoms with E-state index in [2.05, 4.69) is 6.58 Å². The van der Waals surface area contributed by atoms with Gasteiger partial charge in [0, 0.05) is 5.56 Å². The molecule has 0 atom stereocenters. The Morgan fingerprint density at radius 3 is 2.75 bits per heavy atom. The predicted octanol–water partition coefficient (Wildman–Crippen LogP) is 3.19. The summed E-state index contributed by atoms with van der Waals surface area (Å²) in [5.41, 5.74) is 2.48. The van der Waals surface area contributed by atoms with Crippen molar-refractivity contribution in [3.05, 3.63) is 53.6 Å². The number of hydrogen-bond acceptors (Lipinski definition) is 2. The fourth-order valence-electron chi connectivity index (χ4n) is 1.19. The van der Waals surface area contributed by atoms with Gasteiger partial charge < -0.3 is 5.11 Å². The highest BCUT2D eigenvalue weighted by atomic mass is 16.3. The number of carbonyl (C=O) groups excluding carboxylic acids is 1. The second kappa shape index (κ2) is 5.71. The Morgan fingerprint density at radius 2 is 2.12 bits per heavy atom. The molecule has 0 bridgehead atoms. The standard InChI is InChI=1S/C14H14O2/c1-11(2)5-7-13-10-12(4-3-9-15)6-8-14(13)16/h3-10,16H,1H2,2H3. The Hall–Kier alpha value is -2.09. The zero-order chi connectivity index (χ0) is 12.0. The maximum atomic E-state index is 10.2. The molecule has 2 nitrogen and oxygen atoms in total. The summed E-state index contributed by atoms with van der Waals surface area (Å²) in [6, 6.07) is 5.14. The molecule has 0 fully saturated rings. The summed E-state index contributed by atoms with van der Waals surface area (Å²) in [7, 11) is 0. The van der Waals surface area contributed by atoms with E-state index in [0.717, 1.165) is 17.4 Å². The average molecular weight is 214 g/mol. The van der Waals surface area contributed by atoms with Crippen LogP contribution in [0.5, 0.6) is 5.75 Å². The van der Waals surface area contributed by atoms with Crippen LogP contribution >= 0.6 is 0 Å². The van der Waals surface area contributed by atoms with Gasteiger partial charge >= 0.3 is 0 Å². The summed E-state index contributed by atoms with van der Waals surface area (Å²) >= 11 is 0. The van der Waals surface area contributed by atoms with Crippen LogP contribution in [0, 0.1) is 0 Å². The Balaban J connectivity index is 3.03. The Kier molecular flexibility index (Phi) is 4.28. The van der Waals surface area contributed by atoms with Gasteiger partial charge in [-0.2, -0.15) is 0 Å². The maximum absolute atomic E-state index is 10.2. The number of benzene rings is 1. The maximum Gasteiger partial charge on any atom is 0.142 e. The molecule has 2 heteroatoms. The molecule has 0 aliphatic rings. The third-order valence-electron chi connectivity index (χ3n) is 1.97. The van der Waals surface area contributed by atoms with E-state index in [4.69, 9.17) is 0 Å². The van der Waals surface area contributed by atoms with Crippen LogP contribution < -0.4 is 0 Å². The van der Waals surface area contributed by atoms with Crippen molar-refractivity contribution in [2.75, 3.05) is 0 Å². The Labute approximate surface area is 95.2 Å². The highest BCUT2D eigenvalue weighted by molar-refractivity contribution is 5.75. The molecule has 0 radical (unpaired) electrons. The van der Waals surface area contributed by atoms with Crippen molar-refractivity contribution in [3.63, 3.8) is 0 Å². The number of allylic oxidation sites excluding steroid dienone is 3. The van der Waals surface area contributed by atoms with E-state index >= 15 is 0 Å². The molecular weight excluding hydrogens is 200 g/mol. The van der Waals surface area contributed by atoms with Crippen LogP contribution in [0.1, 0.15) is 18.1 Å². The molecule has 1 aromatic carbocycles. The molecule has 82 valence electrons. The molecular formula is C14H14O2. The van der Waals surface area contributed by atoms with Crippen LogP contribution in [0.4, 0.5) is 0 Å². The number of carbonyl (C=O) groups is 1. The lowest BCUT2D eigenvalue weighted by Gasteiger charge is -2.00. The van der Waals surface area contributed by atoms with Gasteiger partial charge in [-0.05, 0) is 30.7 Å². The lowest BCUT2D eigenvalue weighted by molar-refractivity contribution is -0.104. The van der Waals surface area contributed by atoms with Gasteiger partial charge in [0.15, 0.2) is 0 Å². The lowest BCUT2D eigenvalue weighted by atomic mass is 10.1. The first-order chi connectivity index (χ1) is 7.63. The summed E-state index contributed by atoms with van der Waals surface area (Å²) in [4.78, 5) is 10.2. The lowest BCUT2D eigenvalue weighted by Crippen LogP contribution is -1.78. The fraction of sp³-hybridized carbons (Fsp3) is 0.0714. The van der Waals surface area contributed by atoms with Crippen LogP contribution in [0.25, 0.3) is 12.2 Å². The minimum Gasteiger partial charge on any atom is -0.507 e. The van der Waals surface area contributed by atoms with Crippen molar-refractivity contribution in [2.45, 2.75) is 6.92 Å². The molecule has 16 heavy (non-hydrogen) atoms. The molecule has 0 unspecified atom stereocenters. The van der Waals surface area contributed by atoms with Crippen LogP contribution in [-0.2, 0) is 4.79 Å². The first-order valence-corrected chi connectivity index (χ1v) is 4.92. The van der Waals surface area contributed by atoms with E-state index in [-0.39, 0.29) is 5.75 Å². The van der Waals surface area contributed by atoms with Crippen molar-refractivity contribution in [1.82, 2.24) is 0 Å². The van der Waals surface area contributed by atoms with Gasteiger partial charge in [0.25, 0.3) is 0 Å². The summed E-state index contributed by atoms with van der Waals surface area (Å²) in [6.07, 6.45) is 7.43. The van der Waals surface area contributed by atoms with Crippen molar-refractivity contribution >= 4 is 18.4 Å². The smallest absolute Gasteiger partial charge is 0.142 e. The first kappa shape index (κ1) is 12.0. The molecule has 1 rings (SSSR count). The minimum atomic E-state index is 0.209. The quantitative estimate of drug-likeness (QED) is 0.475. The van der Waals surface area contributed by atoms with Gasteiger partial charge in [-0.15, -0.1) is 0 Å². The number of aldehydes is 1. The van der Waals surface area contributed by atoms with Gasteiger partial charge in [-0.1, -0.05) is 36.4 Å². The largest absolute Gasteiger partial charge is 0.507 e. The molecule has 1 N–H and O–H groups in total. The second-order valence-electron chi connectivity index (χ2n) is 3.49. The predicted molar refractivity (Wildman–Crippen MR) is 67.1 cm³/mol. The number of rotatable bonds is 4. The third-order valence-corrected chi connectivity index (χ3v) is 1.97. The molecule has 1 aromatic rings. The molecule has 0 saturated carbocycles. The monoisotopic (exact) mass is 214 g/mol. The van der Waals surface area contributed by atoms with Crippen molar-refractivity contribution in [2.24, 2.45) is 0 Å². The van der Waals surface area contributed by atoms with E-state index in [9.17, 15) is 9.90 Å². The van der Waals surface area contributed by atoms with Gasteiger partial charge in [-0.25, -0.2) is 0 Å². The van der Waals surface area contributed by atoms with Crippen LogP contribution in [0.2, 0.25) is 0 Å². The average Bonchev–Trinajstić information content (AvgIpc) is 2.26. The molecule has 0 aliphatic heterocycles. The van der Waals surface area contributed by atoms with E-state index in [1.165, 1.54) is 6.08 Å². The van der Waals surface area contributed by atoms with E-state index < -0.39 is 0 Å². The SMILES string of the molecule is C=C(C)C=Cc1cc(C=CC=O)ccc1O. The topological polar surface area (TPSA) is 37.3 Å². The van der Waals surface area contributed by atoms with Crippen molar-refractivity contribution in [3.8, 4) is 5.75 Å². The number of phenolic OH excluding ortho intramolecular Hbond substituents is 1. The van der Waals surface area contributed by atoms with E-state index in [0.29, 0.717) is 5.56 Å². The highest BCUT2D eigenvalue weighted by Gasteiger charge is 1.97. The highest BCUT2D eigenvalue weighted by Crippen LogP contribution is 2.21. The number of phenols is 1. The van der Waals surface area contributed by atoms with Crippen molar-refractivity contribution in [1.29, 1.82) is 0 Å².